The number of aryl methyl sites for hydroxylation is 1. The minimum absolute atomic E-state index is 0.0551. The summed E-state index contributed by atoms with van der Waals surface area (Å²) in [7, 11) is 0. The Bertz CT molecular complexity index is 1070. The van der Waals surface area contributed by atoms with Crippen LogP contribution >= 0.6 is 11.6 Å². The summed E-state index contributed by atoms with van der Waals surface area (Å²) < 4.78 is 13.3. The van der Waals surface area contributed by atoms with Gasteiger partial charge in [-0.05, 0) is 44.2 Å². The Balaban J connectivity index is 1.82. The number of halogens is 2. The maximum Gasteiger partial charge on any atom is 0.274 e. The second-order valence-corrected chi connectivity index (χ2v) is 6.44. The first-order chi connectivity index (χ1) is 13.3. The Hall–Kier alpha value is -3.32. The van der Waals surface area contributed by atoms with Crippen LogP contribution in [0.2, 0.25) is 5.02 Å². The Kier molecular flexibility index (Phi) is 5.65. The van der Waals surface area contributed by atoms with Crippen LogP contribution in [0.5, 0.6) is 0 Å². The van der Waals surface area contributed by atoms with Crippen molar-refractivity contribution in [3.63, 3.8) is 0 Å². The molecule has 8 heteroatoms. The van der Waals surface area contributed by atoms with Crippen LogP contribution in [-0.4, -0.2) is 21.7 Å². The maximum atomic E-state index is 13.3. The third-order valence-corrected chi connectivity index (χ3v) is 4.08. The van der Waals surface area contributed by atoms with E-state index in [4.69, 9.17) is 11.6 Å². The number of aromatic nitrogens is 2. The second kappa shape index (κ2) is 8.14. The summed E-state index contributed by atoms with van der Waals surface area (Å²) in [5.74, 6) is -0.336. The van der Waals surface area contributed by atoms with E-state index in [2.05, 4.69) is 20.6 Å². The lowest BCUT2D eigenvalue weighted by Crippen LogP contribution is -2.15. The maximum absolute atomic E-state index is 13.3. The van der Waals surface area contributed by atoms with Gasteiger partial charge < -0.3 is 10.6 Å². The zero-order chi connectivity index (χ0) is 20.3. The number of ketones is 1. The van der Waals surface area contributed by atoms with E-state index in [1.165, 1.54) is 25.1 Å². The minimum Gasteiger partial charge on any atom is -0.340 e. The van der Waals surface area contributed by atoms with E-state index in [0.717, 1.165) is 6.07 Å². The molecular weight excluding hydrogens is 383 g/mol. The van der Waals surface area contributed by atoms with Crippen LogP contribution in [0.15, 0.2) is 48.5 Å². The first-order valence-corrected chi connectivity index (χ1v) is 8.70. The van der Waals surface area contributed by atoms with E-state index in [1.54, 1.807) is 31.2 Å². The Morgan fingerprint density at radius 2 is 1.82 bits per heavy atom. The van der Waals surface area contributed by atoms with Gasteiger partial charge in [0.15, 0.2) is 5.78 Å². The standard InChI is InChI=1S/C20H16ClFN4O2/c1-11(27)13-4-3-5-14(8-13)25-19-10-18(23-12(2)24-19)20(28)26-15-6-7-17(22)16(21)9-15/h3-10H,1-2H3,(H,26,28)(H,23,24,25). The van der Waals surface area contributed by atoms with Gasteiger partial charge in [0.05, 0.1) is 5.02 Å². The smallest absolute Gasteiger partial charge is 0.274 e. The number of rotatable bonds is 5. The predicted octanol–water partition coefficient (Wildman–Crippen LogP) is 4.78. The van der Waals surface area contributed by atoms with Crippen LogP contribution in [0.25, 0.3) is 0 Å². The van der Waals surface area contributed by atoms with Crippen molar-refractivity contribution in [3.05, 3.63) is 76.5 Å². The molecule has 0 bridgehead atoms. The van der Waals surface area contributed by atoms with Crippen molar-refractivity contribution in [3.8, 4) is 0 Å². The van der Waals surface area contributed by atoms with Crippen LogP contribution in [0.4, 0.5) is 21.6 Å². The molecule has 0 aliphatic rings. The molecule has 2 aromatic carbocycles. The largest absolute Gasteiger partial charge is 0.340 e. The van der Waals surface area contributed by atoms with E-state index < -0.39 is 11.7 Å². The number of benzene rings is 2. The van der Waals surface area contributed by atoms with Crippen LogP contribution in [0.1, 0.15) is 33.6 Å². The Morgan fingerprint density at radius 3 is 2.54 bits per heavy atom. The molecule has 0 fully saturated rings. The van der Waals surface area contributed by atoms with Crippen molar-refractivity contribution >= 4 is 40.5 Å². The molecule has 0 aliphatic heterocycles. The lowest BCUT2D eigenvalue weighted by molar-refractivity contribution is 0.101. The average molecular weight is 399 g/mol. The van der Waals surface area contributed by atoms with Crippen molar-refractivity contribution in [1.82, 2.24) is 9.97 Å². The molecule has 28 heavy (non-hydrogen) atoms. The molecule has 0 atom stereocenters. The number of carbonyl (C=O) groups is 2. The molecule has 0 aliphatic carbocycles. The summed E-state index contributed by atoms with van der Waals surface area (Å²) in [6.07, 6.45) is 0. The van der Waals surface area contributed by atoms with E-state index >= 15 is 0 Å². The first-order valence-electron chi connectivity index (χ1n) is 8.32. The number of nitrogens with one attached hydrogen (secondary N) is 2. The molecule has 0 spiro atoms. The van der Waals surface area contributed by atoms with E-state index in [9.17, 15) is 14.0 Å². The highest BCUT2D eigenvalue weighted by Crippen LogP contribution is 2.21. The quantitative estimate of drug-likeness (QED) is 0.604. The van der Waals surface area contributed by atoms with Gasteiger partial charge in [-0.1, -0.05) is 23.7 Å². The second-order valence-electron chi connectivity index (χ2n) is 6.03. The number of hydrogen-bond donors (Lipinski definition) is 2. The van der Waals surface area contributed by atoms with Crippen molar-refractivity contribution < 1.29 is 14.0 Å². The molecule has 6 nitrogen and oxygen atoms in total. The van der Waals surface area contributed by atoms with Gasteiger partial charge in [0.1, 0.15) is 23.2 Å². The van der Waals surface area contributed by atoms with Gasteiger partial charge in [-0.3, -0.25) is 9.59 Å². The molecule has 1 heterocycles. The zero-order valence-electron chi connectivity index (χ0n) is 15.1. The Labute approximate surface area is 165 Å². The molecule has 0 radical (unpaired) electrons. The van der Waals surface area contributed by atoms with Gasteiger partial charge in [0.25, 0.3) is 5.91 Å². The zero-order valence-corrected chi connectivity index (χ0v) is 15.8. The fourth-order valence-electron chi connectivity index (χ4n) is 2.48. The van der Waals surface area contributed by atoms with Crippen LogP contribution < -0.4 is 10.6 Å². The molecule has 3 rings (SSSR count). The molecule has 1 aromatic heterocycles. The fraction of sp³-hybridized carbons (Fsp3) is 0.100. The molecule has 2 N–H and O–H groups in total. The van der Waals surface area contributed by atoms with Crippen LogP contribution in [0.3, 0.4) is 0 Å². The SMILES string of the molecule is CC(=O)c1cccc(Nc2cc(C(=O)Nc3ccc(F)c(Cl)c3)nc(C)n2)c1. The lowest BCUT2D eigenvalue weighted by Gasteiger charge is -2.10. The first kappa shape index (κ1) is 19.4. The molecule has 0 unspecified atom stereocenters. The van der Waals surface area contributed by atoms with E-state index in [-0.39, 0.29) is 16.5 Å². The number of nitrogens with zero attached hydrogens (tertiary/aromatic N) is 2. The topological polar surface area (TPSA) is 84.0 Å². The van der Waals surface area contributed by atoms with Gasteiger partial charge in [0.2, 0.25) is 0 Å². The number of hydrogen-bond acceptors (Lipinski definition) is 5. The van der Waals surface area contributed by atoms with Crippen LogP contribution in [0, 0.1) is 12.7 Å². The van der Waals surface area contributed by atoms with E-state index in [1.807, 2.05) is 0 Å². The highest BCUT2D eigenvalue weighted by Gasteiger charge is 2.12. The third kappa shape index (κ3) is 4.69. The van der Waals surface area contributed by atoms with Gasteiger partial charge in [-0.25, -0.2) is 14.4 Å². The fourth-order valence-corrected chi connectivity index (χ4v) is 2.66. The van der Waals surface area contributed by atoms with Crippen molar-refractivity contribution in [2.75, 3.05) is 10.6 Å². The number of amides is 1. The highest BCUT2D eigenvalue weighted by molar-refractivity contribution is 6.31. The predicted molar refractivity (Wildman–Crippen MR) is 106 cm³/mol. The van der Waals surface area contributed by atoms with Crippen LogP contribution in [-0.2, 0) is 0 Å². The summed E-state index contributed by atoms with van der Waals surface area (Å²) in [6.45, 7) is 3.14. The molecule has 3 aromatic rings. The van der Waals surface area contributed by atoms with Crippen molar-refractivity contribution in [1.29, 1.82) is 0 Å². The average Bonchev–Trinajstić information content (AvgIpc) is 2.64. The highest BCUT2D eigenvalue weighted by atomic mass is 35.5. The van der Waals surface area contributed by atoms with Gasteiger partial charge in [0, 0.05) is 23.0 Å². The van der Waals surface area contributed by atoms with Gasteiger partial charge in [-0.15, -0.1) is 0 Å². The number of carbonyl (C=O) groups excluding carboxylic acids is 2. The van der Waals surface area contributed by atoms with Crippen molar-refractivity contribution in [2.24, 2.45) is 0 Å². The van der Waals surface area contributed by atoms with Gasteiger partial charge in [-0.2, -0.15) is 0 Å². The minimum atomic E-state index is -0.572. The summed E-state index contributed by atoms with van der Waals surface area (Å²) in [5.41, 5.74) is 1.68. The van der Waals surface area contributed by atoms with Crippen molar-refractivity contribution in [2.45, 2.75) is 13.8 Å². The third-order valence-electron chi connectivity index (χ3n) is 3.79. The summed E-state index contributed by atoms with van der Waals surface area (Å²) in [6, 6.07) is 12.3. The number of anilines is 3. The number of Topliss-reactive ketones (excluding diaryl/α,β-unsaturated/α-hetero) is 1. The van der Waals surface area contributed by atoms with Gasteiger partial charge >= 0.3 is 0 Å². The molecule has 0 saturated carbocycles. The summed E-state index contributed by atoms with van der Waals surface area (Å²) in [5, 5.41) is 5.58. The molecule has 142 valence electrons. The Morgan fingerprint density at radius 1 is 1.04 bits per heavy atom. The molecule has 1 amide bonds. The summed E-state index contributed by atoms with van der Waals surface area (Å²) >= 11 is 5.73. The summed E-state index contributed by atoms with van der Waals surface area (Å²) in [4.78, 5) is 32.4. The van der Waals surface area contributed by atoms with E-state index in [0.29, 0.717) is 28.6 Å². The monoisotopic (exact) mass is 398 g/mol. The lowest BCUT2D eigenvalue weighted by atomic mass is 10.1. The molecule has 0 saturated heterocycles. The molecular formula is C20H16ClFN4O2. The normalized spacial score (nSPS) is 10.4.